The minimum absolute atomic E-state index is 0.0224. The molecule has 2 heterocycles. The first-order valence-electron chi connectivity index (χ1n) is 7.01. The Morgan fingerprint density at radius 1 is 1.43 bits per heavy atom. The lowest BCUT2D eigenvalue weighted by molar-refractivity contribution is -0.126. The van der Waals surface area contributed by atoms with E-state index in [0.29, 0.717) is 19.8 Å². The number of ether oxygens (including phenoxy) is 1. The molecule has 0 radical (unpaired) electrons. The third kappa shape index (κ3) is 3.48. The van der Waals surface area contributed by atoms with Crippen molar-refractivity contribution >= 4 is 5.91 Å². The lowest BCUT2D eigenvalue weighted by Gasteiger charge is -2.22. The highest BCUT2D eigenvalue weighted by molar-refractivity contribution is 5.81. The van der Waals surface area contributed by atoms with Crippen LogP contribution in [0.1, 0.15) is 5.56 Å². The summed E-state index contributed by atoms with van der Waals surface area (Å²) in [6.07, 6.45) is 3.64. The molecule has 1 aromatic carbocycles. The summed E-state index contributed by atoms with van der Waals surface area (Å²) in [6.45, 7) is 2.33. The first-order valence-corrected chi connectivity index (χ1v) is 7.01. The lowest BCUT2D eigenvalue weighted by Crippen LogP contribution is -2.51. The van der Waals surface area contributed by atoms with Crippen molar-refractivity contribution in [2.75, 3.05) is 19.8 Å². The molecule has 1 aliphatic rings. The summed E-state index contributed by atoms with van der Waals surface area (Å²) in [5.41, 5.74) is 2.05. The van der Waals surface area contributed by atoms with Gasteiger partial charge in [-0.05, 0) is 23.8 Å². The third-order valence-electron chi connectivity index (χ3n) is 3.41. The number of hydrogen-bond donors (Lipinski definition) is 2. The number of hydrogen-bond acceptors (Lipinski definition) is 4. The summed E-state index contributed by atoms with van der Waals surface area (Å²) in [5.74, 6) is -0.0224. The van der Waals surface area contributed by atoms with E-state index in [2.05, 4.69) is 15.7 Å². The Balaban J connectivity index is 1.54. The highest BCUT2D eigenvalue weighted by Crippen LogP contribution is 2.08. The largest absolute Gasteiger partial charge is 0.378 e. The molecule has 0 spiro atoms. The van der Waals surface area contributed by atoms with Gasteiger partial charge in [0.15, 0.2) is 0 Å². The molecular weight excluding hydrogens is 268 g/mol. The molecule has 0 unspecified atom stereocenters. The molecule has 110 valence electrons. The fourth-order valence-corrected chi connectivity index (χ4v) is 2.23. The molecule has 0 aliphatic carbocycles. The molecule has 0 saturated carbocycles. The number of morpholine rings is 1. The van der Waals surface area contributed by atoms with Crippen LogP contribution in [0.15, 0.2) is 42.7 Å². The van der Waals surface area contributed by atoms with Crippen LogP contribution in [-0.4, -0.2) is 41.5 Å². The zero-order valence-electron chi connectivity index (χ0n) is 11.7. The standard InChI is InChI=1S/C15H18N4O2/c20-15(14-11-21-9-7-16-14)17-10-12-2-4-13(5-3-12)19-8-1-6-18-19/h1-6,8,14,16H,7,9-11H2,(H,17,20)/t14-/m0/s1. The average molecular weight is 286 g/mol. The summed E-state index contributed by atoms with van der Waals surface area (Å²) in [4.78, 5) is 12.0. The van der Waals surface area contributed by atoms with Crippen molar-refractivity contribution < 1.29 is 9.53 Å². The van der Waals surface area contributed by atoms with E-state index in [4.69, 9.17) is 4.74 Å². The molecule has 1 saturated heterocycles. The first-order chi connectivity index (χ1) is 10.3. The van der Waals surface area contributed by atoms with Gasteiger partial charge in [0.2, 0.25) is 5.91 Å². The second-order valence-corrected chi connectivity index (χ2v) is 4.92. The summed E-state index contributed by atoms with van der Waals surface area (Å²) < 4.78 is 7.08. The van der Waals surface area contributed by atoms with Crippen LogP contribution in [-0.2, 0) is 16.1 Å². The Morgan fingerprint density at radius 2 is 2.29 bits per heavy atom. The van der Waals surface area contributed by atoms with Gasteiger partial charge in [-0.15, -0.1) is 0 Å². The van der Waals surface area contributed by atoms with E-state index < -0.39 is 0 Å². The van der Waals surface area contributed by atoms with Crippen molar-refractivity contribution in [3.8, 4) is 5.69 Å². The number of rotatable bonds is 4. The van der Waals surface area contributed by atoms with Crippen LogP contribution in [0.3, 0.4) is 0 Å². The monoisotopic (exact) mass is 286 g/mol. The summed E-state index contributed by atoms with van der Waals surface area (Å²) in [6, 6.07) is 9.58. The Morgan fingerprint density at radius 3 is 2.95 bits per heavy atom. The van der Waals surface area contributed by atoms with Gasteiger partial charge in [-0.3, -0.25) is 4.79 Å². The van der Waals surface area contributed by atoms with E-state index in [9.17, 15) is 4.79 Å². The number of nitrogens with one attached hydrogen (secondary N) is 2. The molecule has 6 nitrogen and oxygen atoms in total. The molecule has 2 N–H and O–H groups in total. The predicted molar refractivity (Wildman–Crippen MR) is 78.0 cm³/mol. The SMILES string of the molecule is O=C(NCc1ccc(-n2cccn2)cc1)[C@@H]1COCCN1. The summed E-state index contributed by atoms with van der Waals surface area (Å²) in [5, 5.41) is 10.2. The topological polar surface area (TPSA) is 68.2 Å². The zero-order valence-corrected chi connectivity index (χ0v) is 11.7. The second kappa shape index (κ2) is 6.51. The molecule has 3 rings (SSSR count). The van der Waals surface area contributed by atoms with E-state index in [0.717, 1.165) is 17.8 Å². The molecule has 21 heavy (non-hydrogen) atoms. The highest BCUT2D eigenvalue weighted by atomic mass is 16.5. The Labute approximate surface area is 123 Å². The van der Waals surface area contributed by atoms with Crippen LogP contribution < -0.4 is 10.6 Å². The summed E-state index contributed by atoms with van der Waals surface area (Å²) in [7, 11) is 0. The van der Waals surface area contributed by atoms with Crippen molar-refractivity contribution in [1.82, 2.24) is 20.4 Å². The molecule has 1 atom stereocenters. The van der Waals surface area contributed by atoms with E-state index in [1.54, 1.807) is 10.9 Å². The average Bonchev–Trinajstić information content (AvgIpc) is 3.08. The van der Waals surface area contributed by atoms with E-state index in [-0.39, 0.29) is 11.9 Å². The van der Waals surface area contributed by atoms with Gasteiger partial charge in [0.1, 0.15) is 6.04 Å². The van der Waals surface area contributed by atoms with Gasteiger partial charge < -0.3 is 15.4 Å². The van der Waals surface area contributed by atoms with Gasteiger partial charge in [0.05, 0.1) is 18.9 Å². The highest BCUT2D eigenvalue weighted by Gasteiger charge is 2.20. The van der Waals surface area contributed by atoms with Crippen molar-refractivity contribution in [2.24, 2.45) is 0 Å². The van der Waals surface area contributed by atoms with Gasteiger partial charge in [-0.25, -0.2) is 4.68 Å². The van der Waals surface area contributed by atoms with E-state index in [1.165, 1.54) is 0 Å². The van der Waals surface area contributed by atoms with Crippen molar-refractivity contribution in [3.63, 3.8) is 0 Å². The fraction of sp³-hybridized carbons (Fsp3) is 0.333. The number of benzene rings is 1. The smallest absolute Gasteiger partial charge is 0.239 e. The molecule has 6 heteroatoms. The molecule has 1 fully saturated rings. The van der Waals surface area contributed by atoms with Crippen LogP contribution in [0.5, 0.6) is 0 Å². The third-order valence-corrected chi connectivity index (χ3v) is 3.41. The number of aromatic nitrogens is 2. The normalized spacial score (nSPS) is 18.4. The van der Waals surface area contributed by atoms with Crippen molar-refractivity contribution in [3.05, 3.63) is 48.3 Å². The molecule has 1 aliphatic heterocycles. The van der Waals surface area contributed by atoms with Crippen molar-refractivity contribution in [2.45, 2.75) is 12.6 Å². The lowest BCUT2D eigenvalue weighted by atomic mass is 10.2. The Kier molecular flexibility index (Phi) is 4.28. The molecule has 2 aromatic rings. The van der Waals surface area contributed by atoms with E-state index >= 15 is 0 Å². The van der Waals surface area contributed by atoms with Crippen LogP contribution in [0.25, 0.3) is 5.69 Å². The molecule has 0 bridgehead atoms. The van der Waals surface area contributed by atoms with Crippen molar-refractivity contribution in [1.29, 1.82) is 0 Å². The number of nitrogens with zero attached hydrogens (tertiary/aromatic N) is 2. The molecular formula is C15H18N4O2. The van der Waals surface area contributed by atoms with Crippen LogP contribution in [0, 0.1) is 0 Å². The fourth-order valence-electron chi connectivity index (χ4n) is 2.23. The molecule has 1 aromatic heterocycles. The van der Waals surface area contributed by atoms with Crippen LogP contribution in [0.4, 0.5) is 0 Å². The number of amides is 1. The molecule has 1 amide bonds. The maximum absolute atomic E-state index is 12.0. The maximum atomic E-state index is 12.0. The van der Waals surface area contributed by atoms with Gasteiger partial charge in [-0.2, -0.15) is 5.10 Å². The first kappa shape index (κ1) is 13.8. The van der Waals surface area contributed by atoms with E-state index in [1.807, 2.05) is 36.5 Å². The van der Waals surface area contributed by atoms with Gasteiger partial charge in [0, 0.05) is 25.5 Å². The Hall–Kier alpha value is -2.18. The number of carbonyl (C=O) groups is 1. The number of carbonyl (C=O) groups excluding carboxylic acids is 1. The van der Waals surface area contributed by atoms with Gasteiger partial charge >= 0.3 is 0 Å². The van der Waals surface area contributed by atoms with Gasteiger partial charge in [0.25, 0.3) is 0 Å². The Bertz CT molecular complexity index is 574. The van der Waals surface area contributed by atoms with Crippen LogP contribution >= 0.6 is 0 Å². The minimum Gasteiger partial charge on any atom is -0.378 e. The second-order valence-electron chi connectivity index (χ2n) is 4.92. The minimum atomic E-state index is -0.248. The van der Waals surface area contributed by atoms with Crippen LogP contribution in [0.2, 0.25) is 0 Å². The zero-order chi connectivity index (χ0) is 14.5. The summed E-state index contributed by atoms with van der Waals surface area (Å²) >= 11 is 0. The predicted octanol–water partition coefficient (Wildman–Crippen LogP) is 0.477. The van der Waals surface area contributed by atoms with Gasteiger partial charge in [-0.1, -0.05) is 12.1 Å². The maximum Gasteiger partial charge on any atom is 0.239 e. The quantitative estimate of drug-likeness (QED) is 0.857.